The lowest BCUT2D eigenvalue weighted by molar-refractivity contribution is -0.130. The van der Waals surface area contributed by atoms with Gasteiger partial charge < -0.3 is 20.3 Å². The number of benzene rings is 2. The number of ether oxygens (including phenoxy) is 1. The third kappa shape index (κ3) is 6.66. The SMILES string of the molecule is CN=C(NCc1cccc(OCC(=O)N(C)C)c1)NC(C)c1ccccc1. The molecule has 2 N–H and O–H groups in total. The zero-order valence-electron chi connectivity index (χ0n) is 16.4. The lowest BCUT2D eigenvalue weighted by Crippen LogP contribution is -2.38. The second-order valence-electron chi connectivity index (χ2n) is 6.43. The van der Waals surface area contributed by atoms with E-state index in [1.165, 1.54) is 10.5 Å². The van der Waals surface area contributed by atoms with Crippen LogP contribution in [0.1, 0.15) is 24.1 Å². The zero-order chi connectivity index (χ0) is 19.6. The van der Waals surface area contributed by atoms with E-state index in [-0.39, 0.29) is 18.6 Å². The van der Waals surface area contributed by atoms with Crippen LogP contribution in [0.4, 0.5) is 0 Å². The average Bonchev–Trinajstić information content (AvgIpc) is 2.70. The predicted octanol–water partition coefficient (Wildman–Crippen LogP) is 2.58. The van der Waals surface area contributed by atoms with Crippen LogP contribution in [-0.4, -0.2) is 44.5 Å². The molecule has 0 bridgehead atoms. The van der Waals surface area contributed by atoms with Crippen LogP contribution in [0.2, 0.25) is 0 Å². The van der Waals surface area contributed by atoms with E-state index in [9.17, 15) is 4.79 Å². The number of rotatable bonds is 7. The van der Waals surface area contributed by atoms with E-state index in [2.05, 4.69) is 34.7 Å². The van der Waals surface area contributed by atoms with Gasteiger partial charge in [-0.3, -0.25) is 9.79 Å². The smallest absolute Gasteiger partial charge is 0.259 e. The quantitative estimate of drug-likeness (QED) is 0.582. The van der Waals surface area contributed by atoms with E-state index in [0.717, 1.165) is 11.5 Å². The number of aliphatic imine (C=N–C) groups is 1. The molecule has 0 saturated carbocycles. The van der Waals surface area contributed by atoms with E-state index < -0.39 is 0 Å². The molecular weight excluding hydrogens is 340 g/mol. The molecule has 1 unspecified atom stereocenters. The molecule has 0 saturated heterocycles. The van der Waals surface area contributed by atoms with Crippen molar-refractivity contribution in [3.8, 4) is 5.75 Å². The molecule has 144 valence electrons. The fourth-order valence-electron chi connectivity index (χ4n) is 2.43. The highest BCUT2D eigenvalue weighted by molar-refractivity contribution is 5.80. The summed E-state index contributed by atoms with van der Waals surface area (Å²) in [4.78, 5) is 17.4. The number of hydrogen-bond acceptors (Lipinski definition) is 3. The van der Waals surface area contributed by atoms with Gasteiger partial charge in [-0.15, -0.1) is 0 Å². The molecule has 2 aromatic rings. The first-order chi connectivity index (χ1) is 13.0. The van der Waals surface area contributed by atoms with Crippen molar-refractivity contribution in [2.45, 2.75) is 19.5 Å². The molecule has 1 atom stereocenters. The minimum Gasteiger partial charge on any atom is -0.484 e. The van der Waals surface area contributed by atoms with E-state index in [1.54, 1.807) is 21.1 Å². The van der Waals surface area contributed by atoms with Crippen LogP contribution in [0.25, 0.3) is 0 Å². The molecule has 6 heteroatoms. The summed E-state index contributed by atoms with van der Waals surface area (Å²) in [5.74, 6) is 1.32. The molecule has 0 heterocycles. The Morgan fingerprint density at radius 2 is 1.89 bits per heavy atom. The van der Waals surface area contributed by atoms with Crippen LogP contribution >= 0.6 is 0 Å². The number of nitrogens with one attached hydrogen (secondary N) is 2. The van der Waals surface area contributed by atoms with Crippen molar-refractivity contribution in [2.24, 2.45) is 4.99 Å². The number of nitrogens with zero attached hydrogens (tertiary/aromatic N) is 2. The van der Waals surface area contributed by atoms with Crippen molar-refractivity contribution in [3.05, 3.63) is 65.7 Å². The summed E-state index contributed by atoms with van der Waals surface area (Å²) in [5.41, 5.74) is 2.24. The summed E-state index contributed by atoms with van der Waals surface area (Å²) in [6.45, 7) is 2.72. The Labute approximate surface area is 161 Å². The summed E-state index contributed by atoms with van der Waals surface area (Å²) in [7, 11) is 5.17. The molecule has 6 nitrogen and oxygen atoms in total. The van der Waals surface area contributed by atoms with Crippen LogP contribution in [0, 0.1) is 0 Å². The third-order valence-corrected chi connectivity index (χ3v) is 4.10. The maximum atomic E-state index is 11.6. The molecule has 2 rings (SSSR count). The monoisotopic (exact) mass is 368 g/mol. The van der Waals surface area contributed by atoms with E-state index in [0.29, 0.717) is 12.3 Å². The Hall–Kier alpha value is -3.02. The van der Waals surface area contributed by atoms with Gasteiger partial charge in [-0.25, -0.2) is 0 Å². The van der Waals surface area contributed by atoms with Gasteiger partial charge in [-0.2, -0.15) is 0 Å². The standard InChI is InChI=1S/C21H28N4O2/c1-16(18-10-6-5-7-11-18)24-21(22-2)23-14-17-9-8-12-19(13-17)27-15-20(26)25(3)4/h5-13,16H,14-15H2,1-4H3,(H2,22,23,24). The first-order valence-corrected chi connectivity index (χ1v) is 8.93. The van der Waals surface area contributed by atoms with E-state index in [4.69, 9.17) is 4.74 Å². The Balaban J connectivity index is 1.89. The number of guanidine groups is 1. The van der Waals surface area contributed by atoms with Crippen LogP contribution in [-0.2, 0) is 11.3 Å². The van der Waals surface area contributed by atoms with Gasteiger partial charge >= 0.3 is 0 Å². The van der Waals surface area contributed by atoms with Gasteiger partial charge in [-0.05, 0) is 30.2 Å². The van der Waals surface area contributed by atoms with Gasteiger partial charge in [0.25, 0.3) is 5.91 Å². The number of likely N-dealkylation sites (N-methyl/N-ethyl adjacent to an activating group) is 1. The summed E-state index contributed by atoms with van der Waals surface area (Å²) < 4.78 is 5.56. The highest BCUT2D eigenvalue weighted by Crippen LogP contribution is 2.14. The highest BCUT2D eigenvalue weighted by Gasteiger charge is 2.08. The highest BCUT2D eigenvalue weighted by atomic mass is 16.5. The first kappa shape index (κ1) is 20.3. The lowest BCUT2D eigenvalue weighted by atomic mass is 10.1. The normalized spacial score (nSPS) is 12.2. The van der Waals surface area contributed by atoms with Crippen molar-refractivity contribution in [2.75, 3.05) is 27.7 Å². The average molecular weight is 368 g/mol. The van der Waals surface area contributed by atoms with Gasteiger partial charge in [0.1, 0.15) is 5.75 Å². The molecule has 0 radical (unpaired) electrons. The van der Waals surface area contributed by atoms with Crippen LogP contribution in [0.5, 0.6) is 5.75 Å². The Bertz CT molecular complexity index is 760. The molecule has 27 heavy (non-hydrogen) atoms. The molecule has 0 aromatic heterocycles. The summed E-state index contributed by atoms with van der Waals surface area (Å²) >= 11 is 0. The molecule has 0 aliphatic carbocycles. The number of amides is 1. The van der Waals surface area contributed by atoms with Crippen molar-refractivity contribution >= 4 is 11.9 Å². The topological polar surface area (TPSA) is 66.0 Å². The maximum Gasteiger partial charge on any atom is 0.259 e. The first-order valence-electron chi connectivity index (χ1n) is 8.93. The van der Waals surface area contributed by atoms with E-state index in [1.807, 2.05) is 42.5 Å². The molecule has 0 aliphatic rings. The minimum atomic E-state index is -0.0713. The van der Waals surface area contributed by atoms with Crippen LogP contribution in [0.3, 0.4) is 0 Å². The van der Waals surface area contributed by atoms with Gasteiger partial charge in [0.15, 0.2) is 12.6 Å². The maximum absolute atomic E-state index is 11.6. The fraction of sp³-hybridized carbons (Fsp3) is 0.333. The van der Waals surface area contributed by atoms with Gasteiger partial charge in [0.2, 0.25) is 0 Å². The molecule has 0 spiro atoms. The molecule has 2 aromatic carbocycles. The molecular formula is C21H28N4O2. The number of carbonyl (C=O) groups is 1. The minimum absolute atomic E-state index is 0.0295. The van der Waals surface area contributed by atoms with E-state index >= 15 is 0 Å². The molecule has 1 amide bonds. The van der Waals surface area contributed by atoms with Crippen molar-refractivity contribution < 1.29 is 9.53 Å². The second-order valence-corrected chi connectivity index (χ2v) is 6.43. The largest absolute Gasteiger partial charge is 0.484 e. The fourth-order valence-corrected chi connectivity index (χ4v) is 2.43. The van der Waals surface area contributed by atoms with Crippen LogP contribution in [0.15, 0.2) is 59.6 Å². The Kier molecular flexibility index (Phi) is 7.67. The van der Waals surface area contributed by atoms with Gasteiger partial charge in [0.05, 0.1) is 6.04 Å². The van der Waals surface area contributed by atoms with Gasteiger partial charge in [0, 0.05) is 27.7 Å². The zero-order valence-corrected chi connectivity index (χ0v) is 16.4. The number of hydrogen-bond donors (Lipinski definition) is 2. The summed E-state index contributed by atoms with van der Waals surface area (Å²) in [5, 5.41) is 6.68. The molecule has 0 fully saturated rings. The Morgan fingerprint density at radius 3 is 2.56 bits per heavy atom. The predicted molar refractivity (Wildman–Crippen MR) is 109 cm³/mol. The van der Waals surface area contributed by atoms with Crippen molar-refractivity contribution in [3.63, 3.8) is 0 Å². The van der Waals surface area contributed by atoms with Gasteiger partial charge in [-0.1, -0.05) is 42.5 Å². The van der Waals surface area contributed by atoms with Crippen LogP contribution < -0.4 is 15.4 Å². The lowest BCUT2D eigenvalue weighted by Gasteiger charge is -2.18. The summed E-state index contributed by atoms with van der Waals surface area (Å²) in [6, 6.07) is 18.0. The number of carbonyl (C=O) groups excluding carboxylic acids is 1. The second kappa shape index (κ2) is 10.2. The third-order valence-electron chi connectivity index (χ3n) is 4.10. The summed E-state index contributed by atoms with van der Waals surface area (Å²) in [6.07, 6.45) is 0. The molecule has 0 aliphatic heterocycles. The Morgan fingerprint density at radius 1 is 1.15 bits per heavy atom. The van der Waals surface area contributed by atoms with Crippen molar-refractivity contribution in [1.29, 1.82) is 0 Å². The van der Waals surface area contributed by atoms with Crippen molar-refractivity contribution in [1.82, 2.24) is 15.5 Å².